The monoisotopic (exact) mass is 431 g/mol. The van der Waals surface area contributed by atoms with Crippen LogP contribution in [0.4, 0.5) is 10.1 Å². The maximum Gasteiger partial charge on any atom is 0.260 e. The van der Waals surface area contributed by atoms with Gasteiger partial charge in [-0.3, -0.25) is 14.5 Å². The van der Waals surface area contributed by atoms with Crippen molar-refractivity contribution in [2.75, 3.05) is 38.1 Å². The second-order valence-corrected chi connectivity index (χ2v) is 7.92. The van der Waals surface area contributed by atoms with Crippen molar-refractivity contribution in [2.45, 2.75) is 19.4 Å². The van der Waals surface area contributed by atoms with Crippen LogP contribution >= 0.6 is 11.6 Å². The van der Waals surface area contributed by atoms with Gasteiger partial charge in [0, 0.05) is 55.4 Å². The van der Waals surface area contributed by atoms with Crippen molar-refractivity contribution in [3.63, 3.8) is 0 Å². The summed E-state index contributed by atoms with van der Waals surface area (Å²) >= 11 is 6.11. The number of anilines is 1. The van der Waals surface area contributed by atoms with Gasteiger partial charge >= 0.3 is 0 Å². The number of halogens is 2. The van der Waals surface area contributed by atoms with Gasteiger partial charge in [0.2, 0.25) is 5.91 Å². The van der Waals surface area contributed by atoms with E-state index in [0.717, 1.165) is 11.3 Å². The third-order valence-corrected chi connectivity index (χ3v) is 5.86. The van der Waals surface area contributed by atoms with Crippen LogP contribution in [0.2, 0.25) is 5.02 Å². The van der Waals surface area contributed by atoms with Crippen molar-refractivity contribution in [3.05, 3.63) is 58.4 Å². The average molecular weight is 432 g/mol. The number of rotatable bonds is 5. The lowest BCUT2D eigenvalue weighted by Crippen LogP contribution is -2.49. The molecule has 30 heavy (non-hydrogen) atoms. The molecule has 2 amide bonds. The zero-order valence-corrected chi connectivity index (χ0v) is 17.3. The maximum absolute atomic E-state index is 14.0. The van der Waals surface area contributed by atoms with Gasteiger partial charge < -0.3 is 15.0 Å². The molecule has 0 atom stereocenters. The Morgan fingerprint density at radius 1 is 1.13 bits per heavy atom. The molecule has 2 heterocycles. The van der Waals surface area contributed by atoms with Crippen molar-refractivity contribution in [3.8, 4) is 5.75 Å². The van der Waals surface area contributed by atoms with E-state index >= 15 is 0 Å². The average Bonchev–Trinajstić information content (AvgIpc) is 2.75. The van der Waals surface area contributed by atoms with E-state index in [1.54, 1.807) is 29.2 Å². The summed E-state index contributed by atoms with van der Waals surface area (Å²) in [6, 6.07) is 10.1. The highest BCUT2D eigenvalue weighted by Crippen LogP contribution is 2.27. The molecule has 0 radical (unpaired) electrons. The van der Waals surface area contributed by atoms with E-state index in [0.29, 0.717) is 61.9 Å². The Kier molecular flexibility index (Phi) is 6.20. The van der Waals surface area contributed by atoms with Crippen LogP contribution in [-0.4, -0.2) is 54.4 Å². The number of ether oxygens (including phenoxy) is 1. The number of benzene rings is 2. The van der Waals surface area contributed by atoms with E-state index < -0.39 is 0 Å². The lowest BCUT2D eigenvalue weighted by atomic mass is 10.0. The molecule has 0 aliphatic carbocycles. The maximum atomic E-state index is 14.0. The van der Waals surface area contributed by atoms with Gasteiger partial charge in [0.05, 0.1) is 0 Å². The number of hydrogen-bond donors (Lipinski definition) is 1. The Hall–Kier alpha value is -2.64. The number of piperazine rings is 1. The third kappa shape index (κ3) is 4.74. The quantitative estimate of drug-likeness (QED) is 0.790. The molecule has 2 aromatic rings. The molecule has 2 aliphatic heterocycles. The summed E-state index contributed by atoms with van der Waals surface area (Å²) in [4.78, 5) is 27.8. The second-order valence-electron chi connectivity index (χ2n) is 7.51. The molecule has 6 nitrogen and oxygen atoms in total. The molecular weight excluding hydrogens is 409 g/mol. The van der Waals surface area contributed by atoms with Crippen molar-refractivity contribution < 1.29 is 18.7 Å². The number of nitrogens with one attached hydrogen (secondary N) is 1. The Morgan fingerprint density at radius 2 is 1.93 bits per heavy atom. The summed E-state index contributed by atoms with van der Waals surface area (Å²) in [5.41, 5.74) is 2.31. The Labute approximate surface area is 179 Å². The topological polar surface area (TPSA) is 61.9 Å². The van der Waals surface area contributed by atoms with Crippen LogP contribution < -0.4 is 10.1 Å². The van der Waals surface area contributed by atoms with Crippen LogP contribution in [0.25, 0.3) is 0 Å². The largest absolute Gasteiger partial charge is 0.484 e. The highest BCUT2D eigenvalue weighted by Gasteiger charge is 2.23. The Bertz CT molecular complexity index is 940. The van der Waals surface area contributed by atoms with Gasteiger partial charge in [-0.25, -0.2) is 4.39 Å². The van der Waals surface area contributed by atoms with Crippen LogP contribution in [0.1, 0.15) is 17.5 Å². The van der Waals surface area contributed by atoms with Gasteiger partial charge in [0.1, 0.15) is 11.6 Å². The number of fused-ring (bicyclic) bond motifs is 1. The van der Waals surface area contributed by atoms with E-state index in [1.165, 1.54) is 6.07 Å². The fourth-order valence-electron chi connectivity index (χ4n) is 3.75. The molecule has 0 unspecified atom stereocenters. The van der Waals surface area contributed by atoms with E-state index in [1.807, 2.05) is 6.07 Å². The van der Waals surface area contributed by atoms with Gasteiger partial charge in [0.15, 0.2) is 6.61 Å². The minimum atomic E-state index is -0.306. The second kappa shape index (κ2) is 9.02. The summed E-state index contributed by atoms with van der Waals surface area (Å²) in [5, 5.41) is 3.25. The summed E-state index contributed by atoms with van der Waals surface area (Å²) in [6.07, 6.45) is 1.12. The minimum Gasteiger partial charge on any atom is -0.484 e. The van der Waals surface area contributed by atoms with Gasteiger partial charge in [-0.05, 0) is 42.3 Å². The van der Waals surface area contributed by atoms with Crippen molar-refractivity contribution in [1.82, 2.24) is 9.80 Å². The first-order chi connectivity index (χ1) is 14.5. The van der Waals surface area contributed by atoms with Gasteiger partial charge in [-0.15, -0.1) is 0 Å². The molecule has 2 aromatic carbocycles. The Balaban J connectivity index is 1.26. The molecule has 1 saturated heterocycles. The van der Waals surface area contributed by atoms with Crippen LogP contribution in [0, 0.1) is 5.82 Å². The number of carbonyl (C=O) groups is 2. The first-order valence-electron chi connectivity index (χ1n) is 9.98. The molecular formula is C22H23ClFN3O3. The zero-order chi connectivity index (χ0) is 21.1. The lowest BCUT2D eigenvalue weighted by molar-refractivity contribution is -0.135. The number of carbonyl (C=O) groups excluding carboxylic acids is 2. The van der Waals surface area contributed by atoms with Crippen molar-refractivity contribution in [1.29, 1.82) is 0 Å². The third-order valence-electron chi connectivity index (χ3n) is 5.50. The predicted octanol–water partition coefficient (Wildman–Crippen LogP) is 3.09. The van der Waals surface area contributed by atoms with Gasteiger partial charge in [-0.2, -0.15) is 0 Å². The summed E-state index contributed by atoms with van der Waals surface area (Å²) in [5.74, 6) is 0.248. The first-order valence-corrected chi connectivity index (χ1v) is 10.4. The zero-order valence-electron chi connectivity index (χ0n) is 16.5. The summed E-state index contributed by atoms with van der Waals surface area (Å²) in [6.45, 7) is 2.80. The van der Waals surface area contributed by atoms with E-state index in [2.05, 4.69) is 10.2 Å². The molecule has 158 valence electrons. The van der Waals surface area contributed by atoms with E-state index in [4.69, 9.17) is 16.3 Å². The summed E-state index contributed by atoms with van der Waals surface area (Å²) < 4.78 is 19.7. The molecule has 0 saturated carbocycles. The molecule has 0 bridgehead atoms. The molecule has 1 N–H and O–H groups in total. The number of amides is 2. The highest BCUT2D eigenvalue weighted by atomic mass is 35.5. The predicted molar refractivity (Wildman–Crippen MR) is 112 cm³/mol. The van der Waals surface area contributed by atoms with E-state index in [9.17, 15) is 14.0 Å². The van der Waals surface area contributed by atoms with Crippen LogP contribution in [0.5, 0.6) is 5.75 Å². The number of nitrogens with zero attached hydrogens (tertiary/aromatic N) is 2. The SMILES string of the molecule is O=C1CCc2cc(OCC(=O)N3CCN(Cc4c(F)cccc4Cl)CC3)ccc2N1. The van der Waals surface area contributed by atoms with Crippen LogP contribution in [-0.2, 0) is 22.6 Å². The van der Waals surface area contributed by atoms with E-state index in [-0.39, 0.29) is 24.2 Å². The number of aryl methyl sites for hydroxylation is 1. The lowest BCUT2D eigenvalue weighted by Gasteiger charge is -2.34. The highest BCUT2D eigenvalue weighted by molar-refractivity contribution is 6.31. The molecule has 4 rings (SSSR count). The standard InChI is InChI=1S/C22H23ClFN3O3/c23-18-2-1-3-19(24)17(18)13-26-8-10-27(11-9-26)22(29)14-30-16-5-6-20-15(12-16)4-7-21(28)25-20/h1-3,5-6,12H,4,7-11,13-14H2,(H,25,28). The van der Waals surface area contributed by atoms with Crippen molar-refractivity contribution >= 4 is 29.1 Å². The fourth-order valence-corrected chi connectivity index (χ4v) is 3.97. The molecule has 2 aliphatic rings. The molecule has 0 spiro atoms. The minimum absolute atomic E-state index is 0.0164. The summed E-state index contributed by atoms with van der Waals surface area (Å²) in [7, 11) is 0. The normalized spacial score (nSPS) is 16.7. The fraction of sp³-hybridized carbons (Fsp3) is 0.364. The molecule has 1 fully saturated rings. The molecule has 0 aromatic heterocycles. The van der Waals surface area contributed by atoms with Gasteiger partial charge in [0.25, 0.3) is 5.91 Å². The van der Waals surface area contributed by atoms with Crippen LogP contribution in [0.15, 0.2) is 36.4 Å². The first kappa shape index (κ1) is 20.6. The van der Waals surface area contributed by atoms with Crippen LogP contribution in [0.3, 0.4) is 0 Å². The van der Waals surface area contributed by atoms with Crippen molar-refractivity contribution in [2.24, 2.45) is 0 Å². The van der Waals surface area contributed by atoms with Gasteiger partial charge in [-0.1, -0.05) is 17.7 Å². The smallest absolute Gasteiger partial charge is 0.260 e. The Morgan fingerprint density at radius 3 is 2.70 bits per heavy atom. The molecule has 8 heteroatoms. The number of hydrogen-bond acceptors (Lipinski definition) is 4.